The average Bonchev–Trinajstić information content (AvgIpc) is 2.98. The molecule has 8 heteroatoms. The zero-order valence-electron chi connectivity index (χ0n) is 17.4. The summed E-state index contributed by atoms with van der Waals surface area (Å²) in [6, 6.07) is 13.9. The van der Waals surface area contributed by atoms with E-state index in [1.807, 2.05) is 24.3 Å². The highest BCUT2D eigenvalue weighted by Gasteiger charge is 2.15. The number of para-hydroxylation sites is 1. The van der Waals surface area contributed by atoms with Crippen LogP contribution in [0.25, 0.3) is 0 Å². The number of halogens is 2. The number of methoxy groups -OCH3 is 1. The number of aromatic nitrogens is 2. The van der Waals surface area contributed by atoms with E-state index in [0.29, 0.717) is 21.8 Å². The van der Waals surface area contributed by atoms with Crippen molar-refractivity contribution < 1.29 is 4.74 Å². The molecule has 0 amide bonds. The molecule has 4 rings (SSSR count). The van der Waals surface area contributed by atoms with Crippen molar-refractivity contribution in [1.29, 1.82) is 0 Å². The standard InChI is InChI=1S/C23H25Cl2N5O/c1-31-13-12-30-10-8-16-6-7-18(14-17(16)9-11-30)27-23-26-15-20(25)22(29-23)28-21-5-3-2-4-19(21)24/h2-7,14-15H,8-13H2,1H3,(H2,26,27,28,29). The lowest BCUT2D eigenvalue weighted by molar-refractivity contribution is 0.150. The number of ether oxygens (including phenoxy) is 1. The Morgan fingerprint density at radius 3 is 2.61 bits per heavy atom. The lowest BCUT2D eigenvalue weighted by Gasteiger charge is -2.18. The molecular formula is C23H25Cl2N5O. The van der Waals surface area contributed by atoms with Crippen molar-refractivity contribution in [3.63, 3.8) is 0 Å². The maximum absolute atomic E-state index is 6.29. The van der Waals surface area contributed by atoms with E-state index < -0.39 is 0 Å². The molecule has 1 aliphatic heterocycles. The summed E-state index contributed by atoms with van der Waals surface area (Å²) >= 11 is 12.5. The second-order valence-corrected chi connectivity index (χ2v) is 8.25. The molecule has 0 radical (unpaired) electrons. The van der Waals surface area contributed by atoms with Gasteiger partial charge in [-0.1, -0.05) is 41.4 Å². The molecule has 0 fully saturated rings. The third-order valence-electron chi connectivity index (χ3n) is 5.34. The maximum atomic E-state index is 6.29. The molecule has 0 bridgehead atoms. The molecule has 0 saturated heterocycles. The van der Waals surface area contributed by atoms with E-state index in [4.69, 9.17) is 27.9 Å². The first kappa shape index (κ1) is 21.8. The van der Waals surface area contributed by atoms with E-state index >= 15 is 0 Å². The van der Waals surface area contributed by atoms with Gasteiger partial charge in [0.15, 0.2) is 5.82 Å². The predicted octanol–water partition coefficient (Wildman–Crippen LogP) is 5.32. The number of nitrogens with zero attached hydrogens (tertiary/aromatic N) is 3. The Morgan fingerprint density at radius 2 is 1.81 bits per heavy atom. The summed E-state index contributed by atoms with van der Waals surface area (Å²) in [5, 5.41) is 7.49. The largest absolute Gasteiger partial charge is 0.383 e. The molecule has 0 aliphatic carbocycles. The maximum Gasteiger partial charge on any atom is 0.229 e. The van der Waals surface area contributed by atoms with Crippen molar-refractivity contribution in [1.82, 2.24) is 14.9 Å². The molecule has 6 nitrogen and oxygen atoms in total. The van der Waals surface area contributed by atoms with Crippen LogP contribution in [-0.4, -0.2) is 48.2 Å². The molecule has 2 aromatic carbocycles. The Bertz CT molecular complexity index is 1050. The van der Waals surface area contributed by atoms with Gasteiger partial charge in [0.1, 0.15) is 5.02 Å². The van der Waals surface area contributed by atoms with Crippen molar-refractivity contribution in [3.05, 3.63) is 69.8 Å². The highest BCUT2D eigenvalue weighted by Crippen LogP contribution is 2.29. The summed E-state index contributed by atoms with van der Waals surface area (Å²) in [5.74, 6) is 0.963. The van der Waals surface area contributed by atoms with Gasteiger partial charge >= 0.3 is 0 Å². The summed E-state index contributed by atoms with van der Waals surface area (Å²) in [6.07, 6.45) is 3.63. The topological polar surface area (TPSA) is 62.3 Å². The Kier molecular flexibility index (Phi) is 7.25. The van der Waals surface area contributed by atoms with E-state index in [0.717, 1.165) is 50.5 Å². The van der Waals surface area contributed by atoms with Crippen LogP contribution in [0.2, 0.25) is 10.0 Å². The SMILES string of the molecule is COCCN1CCc2ccc(Nc3ncc(Cl)c(Nc4ccccc4Cl)n3)cc2CC1. The molecule has 31 heavy (non-hydrogen) atoms. The number of fused-ring (bicyclic) bond motifs is 1. The molecule has 0 atom stereocenters. The molecule has 0 unspecified atom stereocenters. The third kappa shape index (κ3) is 5.66. The van der Waals surface area contributed by atoms with Gasteiger partial charge in [-0.2, -0.15) is 4.98 Å². The van der Waals surface area contributed by atoms with Crippen LogP contribution in [0.4, 0.5) is 23.1 Å². The van der Waals surface area contributed by atoms with Crippen LogP contribution in [0.5, 0.6) is 0 Å². The first-order valence-corrected chi connectivity index (χ1v) is 11.0. The summed E-state index contributed by atoms with van der Waals surface area (Å²) in [4.78, 5) is 11.3. The molecule has 1 aliphatic rings. The van der Waals surface area contributed by atoms with E-state index in [1.165, 1.54) is 11.1 Å². The van der Waals surface area contributed by atoms with Crippen molar-refractivity contribution in [2.45, 2.75) is 12.8 Å². The first-order chi connectivity index (χ1) is 15.1. The Morgan fingerprint density at radius 1 is 1.00 bits per heavy atom. The van der Waals surface area contributed by atoms with Crippen molar-refractivity contribution in [2.24, 2.45) is 0 Å². The average molecular weight is 458 g/mol. The van der Waals surface area contributed by atoms with Gasteiger partial charge in [0.2, 0.25) is 5.95 Å². The number of benzene rings is 2. The molecular weight excluding hydrogens is 433 g/mol. The zero-order chi connectivity index (χ0) is 21.6. The van der Waals surface area contributed by atoms with Crippen LogP contribution in [0.15, 0.2) is 48.7 Å². The summed E-state index contributed by atoms with van der Waals surface area (Å²) in [6.45, 7) is 3.82. The highest BCUT2D eigenvalue weighted by atomic mass is 35.5. The number of hydrogen-bond acceptors (Lipinski definition) is 6. The van der Waals surface area contributed by atoms with Gasteiger partial charge in [-0.05, 0) is 48.2 Å². The fourth-order valence-corrected chi connectivity index (χ4v) is 3.95. The Labute approximate surface area is 192 Å². The minimum Gasteiger partial charge on any atom is -0.383 e. The zero-order valence-corrected chi connectivity index (χ0v) is 18.9. The van der Waals surface area contributed by atoms with Gasteiger partial charge in [0.05, 0.1) is 23.5 Å². The monoisotopic (exact) mass is 457 g/mol. The normalized spacial score (nSPS) is 14.0. The van der Waals surface area contributed by atoms with Gasteiger partial charge in [0, 0.05) is 32.4 Å². The minimum atomic E-state index is 0.420. The van der Waals surface area contributed by atoms with Crippen molar-refractivity contribution >= 4 is 46.3 Å². The molecule has 3 aromatic rings. The lowest BCUT2D eigenvalue weighted by Crippen LogP contribution is -2.29. The van der Waals surface area contributed by atoms with Gasteiger partial charge < -0.3 is 20.3 Å². The second kappa shape index (κ2) is 10.3. The van der Waals surface area contributed by atoms with E-state index in [-0.39, 0.29) is 0 Å². The van der Waals surface area contributed by atoms with Crippen molar-refractivity contribution in [3.8, 4) is 0 Å². The summed E-state index contributed by atoms with van der Waals surface area (Å²) in [5.41, 5.74) is 4.44. The molecule has 2 heterocycles. The molecule has 1 aromatic heterocycles. The molecule has 0 saturated carbocycles. The van der Waals surface area contributed by atoms with Gasteiger partial charge in [-0.15, -0.1) is 0 Å². The fourth-order valence-electron chi connectivity index (χ4n) is 3.63. The van der Waals surface area contributed by atoms with E-state index in [9.17, 15) is 0 Å². The Hall–Kier alpha value is -2.38. The van der Waals surface area contributed by atoms with Crippen molar-refractivity contribution in [2.75, 3.05) is 44.0 Å². The number of nitrogens with one attached hydrogen (secondary N) is 2. The van der Waals surface area contributed by atoms with Gasteiger partial charge in [-0.3, -0.25) is 0 Å². The quantitative estimate of drug-likeness (QED) is 0.500. The van der Waals surface area contributed by atoms with E-state index in [2.05, 4.69) is 43.7 Å². The van der Waals surface area contributed by atoms with E-state index in [1.54, 1.807) is 13.3 Å². The molecule has 2 N–H and O–H groups in total. The van der Waals surface area contributed by atoms with Crippen LogP contribution in [0.3, 0.4) is 0 Å². The van der Waals surface area contributed by atoms with Gasteiger partial charge in [-0.25, -0.2) is 4.98 Å². The Balaban J connectivity index is 1.48. The molecule has 162 valence electrons. The predicted molar refractivity (Wildman–Crippen MR) is 127 cm³/mol. The lowest BCUT2D eigenvalue weighted by atomic mass is 10.0. The van der Waals surface area contributed by atoms with Crippen LogP contribution in [-0.2, 0) is 17.6 Å². The smallest absolute Gasteiger partial charge is 0.229 e. The summed E-state index contributed by atoms with van der Waals surface area (Å²) < 4.78 is 5.22. The number of hydrogen-bond donors (Lipinski definition) is 2. The fraction of sp³-hybridized carbons (Fsp3) is 0.304. The van der Waals surface area contributed by atoms with Crippen LogP contribution in [0.1, 0.15) is 11.1 Å². The van der Waals surface area contributed by atoms with Crippen LogP contribution < -0.4 is 10.6 Å². The second-order valence-electron chi connectivity index (χ2n) is 7.44. The minimum absolute atomic E-state index is 0.420. The number of rotatable bonds is 7. The van der Waals surface area contributed by atoms with Crippen LogP contribution >= 0.6 is 23.2 Å². The van der Waals surface area contributed by atoms with Gasteiger partial charge in [0.25, 0.3) is 0 Å². The van der Waals surface area contributed by atoms with Crippen LogP contribution in [0, 0.1) is 0 Å². The third-order valence-corrected chi connectivity index (χ3v) is 5.95. The summed E-state index contributed by atoms with van der Waals surface area (Å²) in [7, 11) is 1.75. The molecule has 0 spiro atoms. The highest BCUT2D eigenvalue weighted by molar-refractivity contribution is 6.34. The first-order valence-electron chi connectivity index (χ1n) is 10.3. The number of anilines is 4.